The van der Waals surface area contributed by atoms with Crippen molar-refractivity contribution in [3.63, 3.8) is 0 Å². The zero-order chi connectivity index (χ0) is 65.8. The largest absolute Gasteiger partial charge is 0.309 e. The van der Waals surface area contributed by atoms with E-state index in [0.717, 1.165) is 55.8 Å². The van der Waals surface area contributed by atoms with E-state index in [1.54, 1.807) is 0 Å². The summed E-state index contributed by atoms with van der Waals surface area (Å²) in [5.74, 6) is 1.88. The number of hydrogen-bond donors (Lipinski definition) is 0. The Morgan fingerprint density at radius 1 is 0.202 bits per heavy atom. The molecule has 0 fully saturated rings. The lowest BCUT2D eigenvalue weighted by Gasteiger charge is -2.22. The van der Waals surface area contributed by atoms with Crippen LogP contribution in [0.4, 0.5) is 0 Å². The van der Waals surface area contributed by atoms with E-state index < -0.39 is 0 Å². The molecule has 0 aliphatic heterocycles. The Hall–Kier alpha value is -12.5. The Morgan fingerprint density at radius 3 is 0.919 bits per heavy atom. The lowest BCUT2D eigenvalue weighted by Crippen LogP contribution is -2.15. The molecule has 0 unspecified atom stereocenters. The van der Waals surface area contributed by atoms with Gasteiger partial charge in [0.05, 0.1) is 33.1 Å². The van der Waals surface area contributed by atoms with Gasteiger partial charge in [0.25, 0.3) is 0 Å². The van der Waals surface area contributed by atoms with Crippen molar-refractivity contribution in [1.82, 2.24) is 28.7 Å². The Bertz CT molecular complexity index is 6380. The number of benzene rings is 14. The fraction of sp³-hybridized carbons (Fsp3) is 0.0645. The van der Waals surface area contributed by atoms with Crippen molar-refractivity contribution in [1.29, 1.82) is 0 Å². The zero-order valence-corrected chi connectivity index (χ0v) is 55.2. The monoisotopic (exact) mass is 1260 g/mol. The summed E-state index contributed by atoms with van der Waals surface area (Å²) >= 11 is 0. The first-order valence-corrected chi connectivity index (χ1v) is 34.3. The molecule has 6 nitrogen and oxygen atoms in total. The average molecular weight is 1270 g/mol. The van der Waals surface area contributed by atoms with E-state index >= 15 is 0 Å². The van der Waals surface area contributed by atoms with Crippen LogP contribution in [0.5, 0.6) is 0 Å². The quantitative estimate of drug-likeness (QED) is 0.145. The maximum atomic E-state index is 5.14. The fourth-order valence-corrected chi connectivity index (χ4v) is 16.7. The Labute approximate surface area is 573 Å². The van der Waals surface area contributed by atoms with Crippen LogP contribution >= 0.6 is 0 Å². The first-order chi connectivity index (χ1) is 48.6. The second-order valence-corrected chi connectivity index (χ2v) is 27.9. The molecule has 0 atom stereocenters. The number of para-hydroxylation sites is 2. The predicted octanol–water partition coefficient (Wildman–Crippen LogP) is 23.8. The summed E-state index contributed by atoms with van der Waals surface area (Å²) in [5.41, 5.74) is 30.7. The van der Waals surface area contributed by atoms with E-state index in [4.69, 9.17) is 15.0 Å². The highest BCUT2D eigenvalue weighted by Gasteiger charge is 2.37. The predicted molar refractivity (Wildman–Crippen MR) is 411 cm³/mol. The highest BCUT2D eigenvalue weighted by molar-refractivity contribution is 6.15. The summed E-state index contributed by atoms with van der Waals surface area (Å²) in [6.45, 7) is 9.48. The van der Waals surface area contributed by atoms with Crippen molar-refractivity contribution in [2.24, 2.45) is 0 Å². The van der Waals surface area contributed by atoms with Crippen LogP contribution in [0.1, 0.15) is 49.9 Å². The first kappa shape index (κ1) is 56.8. The maximum absolute atomic E-state index is 5.14. The minimum atomic E-state index is -0.151. The van der Waals surface area contributed by atoms with Crippen molar-refractivity contribution in [3.8, 4) is 107 Å². The van der Waals surface area contributed by atoms with Gasteiger partial charge in [-0.1, -0.05) is 234 Å². The van der Waals surface area contributed by atoms with E-state index in [-0.39, 0.29) is 10.8 Å². The number of hydrogen-bond acceptors (Lipinski definition) is 3. The van der Waals surface area contributed by atoms with Crippen LogP contribution in [0.2, 0.25) is 0 Å². The van der Waals surface area contributed by atoms with E-state index in [9.17, 15) is 0 Å². The summed E-state index contributed by atoms with van der Waals surface area (Å²) in [6.07, 6.45) is 0. The molecule has 14 aromatic carbocycles. The SMILES string of the molecule is CC1(C)c2ccccc2-c2ccc(-n3c4ccccc4c4cc(-c5ccc6c(c5)c5cc(-c7ccc8c(c7)c7ccccc7n8-c7ccc(-c8nc(-c9ccccc9)nc(-c9ccc(-c%10ccccc%10)cc9)n8)cc7)ccc5n6-c5ccc6c(c5)C(C)(C)c5ccccc5-6)ccc43)cc21. The molecule has 0 amide bonds. The lowest BCUT2D eigenvalue weighted by atomic mass is 9.82. The zero-order valence-electron chi connectivity index (χ0n) is 55.2. The normalized spacial score (nSPS) is 13.4. The lowest BCUT2D eigenvalue weighted by molar-refractivity contribution is 0.660. The van der Waals surface area contributed by atoms with Crippen LogP contribution in [0.3, 0.4) is 0 Å². The van der Waals surface area contributed by atoms with Crippen LogP contribution in [0.25, 0.3) is 172 Å². The number of nitrogens with zero attached hydrogens (tertiary/aromatic N) is 6. The van der Waals surface area contributed by atoms with Crippen LogP contribution < -0.4 is 0 Å². The molecule has 18 aromatic rings. The molecule has 0 bridgehead atoms. The summed E-state index contributed by atoms with van der Waals surface area (Å²) in [4.78, 5) is 15.3. The fourth-order valence-electron chi connectivity index (χ4n) is 16.7. The Kier molecular flexibility index (Phi) is 12.3. The Morgan fingerprint density at radius 2 is 0.485 bits per heavy atom. The number of rotatable bonds is 9. The smallest absolute Gasteiger partial charge is 0.164 e. The molecule has 2 aliphatic rings. The van der Waals surface area contributed by atoms with Gasteiger partial charge in [-0.05, 0) is 187 Å². The molecule has 4 aromatic heterocycles. The standard InChI is InChI=1S/C93H64N6/c1-92(2)79-27-15-11-23-69(79)71-45-43-67(55-81(71)92)98-84-30-18-14-26-74(84)76-52-63(38-48-86(76)98)65-40-50-88-78(54-65)77-53-64(39-49-87(77)99(88)68-44-46-72-70-24-12-16-28-80(70)93(3,4)82(72)56-68)62-37-47-85-75(51-62)73-25-13-17-29-83(73)97(85)66-41-35-61(36-42-66)91-95-89(59-21-9-6-10-22-59)94-90(96-91)60-33-31-58(32-34-60)57-19-7-5-8-20-57/h5-56H,1-4H3. The van der Waals surface area contributed by atoms with Crippen molar-refractivity contribution in [3.05, 3.63) is 338 Å². The molecule has 0 saturated heterocycles. The van der Waals surface area contributed by atoms with Crippen LogP contribution in [0.15, 0.2) is 315 Å². The summed E-state index contributed by atoms with van der Waals surface area (Å²) in [7, 11) is 0. The second kappa shape index (κ2) is 21.5. The molecule has 466 valence electrons. The van der Waals surface area contributed by atoms with Crippen LogP contribution in [-0.2, 0) is 10.8 Å². The Balaban J connectivity index is 0.697. The van der Waals surface area contributed by atoms with Crippen LogP contribution in [0, 0.1) is 0 Å². The molecule has 4 heterocycles. The van der Waals surface area contributed by atoms with Crippen molar-refractivity contribution in [2.45, 2.75) is 38.5 Å². The molecule has 0 N–H and O–H groups in total. The molecule has 6 heteroatoms. The first-order valence-electron chi connectivity index (χ1n) is 34.3. The molecule has 0 saturated carbocycles. The van der Waals surface area contributed by atoms with E-state index in [2.05, 4.69) is 333 Å². The van der Waals surface area contributed by atoms with Crippen molar-refractivity contribution in [2.75, 3.05) is 0 Å². The highest BCUT2D eigenvalue weighted by atomic mass is 15.0. The van der Waals surface area contributed by atoms with E-state index in [0.29, 0.717) is 17.5 Å². The van der Waals surface area contributed by atoms with Crippen molar-refractivity contribution >= 4 is 65.4 Å². The van der Waals surface area contributed by atoms with Gasteiger partial charge in [-0.15, -0.1) is 0 Å². The number of aromatic nitrogens is 6. The van der Waals surface area contributed by atoms with Gasteiger partial charge in [0.15, 0.2) is 17.5 Å². The molecule has 2 aliphatic carbocycles. The third kappa shape index (κ3) is 8.72. The van der Waals surface area contributed by atoms with Crippen molar-refractivity contribution < 1.29 is 0 Å². The van der Waals surface area contributed by atoms with Gasteiger partial charge in [-0.3, -0.25) is 0 Å². The molecule has 0 radical (unpaired) electrons. The third-order valence-corrected chi connectivity index (χ3v) is 21.7. The summed E-state index contributed by atoms with van der Waals surface area (Å²) in [6, 6.07) is 116. The van der Waals surface area contributed by atoms with Gasteiger partial charge in [0, 0.05) is 76.9 Å². The second-order valence-electron chi connectivity index (χ2n) is 27.9. The minimum absolute atomic E-state index is 0.108. The van der Waals surface area contributed by atoms with Gasteiger partial charge in [0.2, 0.25) is 0 Å². The molecular weight excluding hydrogens is 1200 g/mol. The summed E-state index contributed by atoms with van der Waals surface area (Å²) in [5, 5.41) is 7.27. The average Bonchev–Trinajstić information content (AvgIpc) is 1.57. The molecule has 99 heavy (non-hydrogen) atoms. The maximum Gasteiger partial charge on any atom is 0.164 e. The van der Waals surface area contributed by atoms with Gasteiger partial charge in [0.1, 0.15) is 0 Å². The minimum Gasteiger partial charge on any atom is -0.309 e. The van der Waals surface area contributed by atoms with Gasteiger partial charge in [-0.25, -0.2) is 15.0 Å². The van der Waals surface area contributed by atoms with E-state index in [1.165, 1.54) is 121 Å². The molecular formula is C93H64N6. The molecule has 20 rings (SSSR count). The van der Waals surface area contributed by atoms with Crippen LogP contribution in [-0.4, -0.2) is 28.7 Å². The molecule has 0 spiro atoms. The topological polar surface area (TPSA) is 53.5 Å². The third-order valence-electron chi connectivity index (χ3n) is 21.7. The van der Waals surface area contributed by atoms with Gasteiger partial charge >= 0.3 is 0 Å². The van der Waals surface area contributed by atoms with E-state index in [1.807, 2.05) is 24.3 Å². The number of fused-ring (bicyclic) bond motifs is 15. The van der Waals surface area contributed by atoms with Gasteiger partial charge in [-0.2, -0.15) is 0 Å². The summed E-state index contributed by atoms with van der Waals surface area (Å²) < 4.78 is 7.36. The van der Waals surface area contributed by atoms with Gasteiger partial charge < -0.3 is 13.7 Å². The highest BCUT2D eigenvalue weighted by Crippen LogP contribution is 2.52.